The van der Waals surface area contributed by atoms with Crippen LogP contribution in [0.25, 0.3) is 0 Å². The van der Waals surface area contributed by atoms with Gasteiger partial charge in [-0.1, -0.05) is 45.7 Å². The van der Waals surface area contributed by atoms with Gasteiger partial charge in [0.25, 0.3) is 5.91 Å². The lowest BCUT2D eigenvalue weighted by Crippen LogP contribution is -2.41. The first-order valence-electron chi connectivity index (χ1n) is 6.47. The first-order valence-corrected chi connectivity index (χ1v) is 8.39. The van der Waals surface area contributed by atoms with Gasteiger partial charge in [-0.15, -0.1) is 0 Å². The number of carbonyl (C=O) groups excluding carboxylic acids is 1. The van der Waals surface area contributed by atoms with Gasteiger partial charge in [-0.3, -0.25) is 4.79 Å². The van der Waals surface area contributed by atoms with Gasteiger partial charge < -0.3 is 4.90 Å². The van der Waals surface area contributed by atoms with Gasteiger partial charge >= 0.3 is 0 Å². The first-order chi connectivity index (χ1) is 9.46. The Morgan fingerprint density at radius 3 is 2.15 bits per heavy atom. The molecule has 1 rings (SSSR count). The smallest absolute Gasteiger partial charge is 0.260 e. The van der Waals surface area contributed by atoms with Crippen molar-refractivity contribution in [1.29, 1.82) is 0 Å². The standard InChI is InChI=1S/C14H17Br2F2NO/c1-3-10(4-2)19(6-5-15)14(20)13-11(17)7-9(16)8-12(13)18/h7-8,10H,3-6H2,1-2H3. The maximum absolute atomic E-state index is 13.9. The van der Waals surface area contributed by atoms with Crippen molar-refractivity contribution < 1.29 is 13.6 Å². The Hall–Kier alpha value is -0.490. The van der Waals surface area contributed by atoms with Crippen LogP contribution in [-0.4, -0.2) is 28.7 Å². The lowest BCUT2D eigenvalue weighted by atomic mass is 10.1. The summed E-state index contributed by atoms with van der Waals surface area (Å²) in [6, 6.07) is 2.19. The van der Waals surface area contributed by atoms with E-state index in [9.17, 15) is 13.6 Å². The highest BCUT2D eigenvalue weighted by atomic mass is 79.9. The van der Waals surface area contributed by atoms with Crippen molar-refractivity contribution in [2.45, 2.75) is 32.7 Å². The fourth-order valence-corrected chi connectivity index (χ4v) is 2.94. The van der Waals surface area contributed by atoms with E-state index in [0.29, 0.717) is 11.9 Å². The minimum Gasteiger partial charge on any atom is -0.335 e. The van der Waals surface area contributed by atoms with Crippen molar-refractivity contribution in [3.8, 4) is 0 Å². The second kappa shape index (κ2) is 8.08. The van der Waals surface area contributed by atoms with Crippen molar-refractivity contribution in [3.05, 3.63) is 33.8 Å². The number of carbonyl (C=O) groups is 1. The number of alkyl halides is 1. The van der Waals surface area contributed by atoms with Crippen LogP contribution in [0, 0.1) is 11.6 Å². The molecule has 1 aromatic rings. The molecule has 0 aromatic heterocycles. The monoisotopic (exact) mass is 411 g/mol. The van der Waals surface area contributed by atoms with E-state index in [1.165, 1.54) is 4.90 Å². The van der Waals surface area contributed by atoms with Crippen molar-refractivity contribution in [2.24, 2.45) is 0 Å². The van der Waals surface area contributed by atoms with Gasteiger partial charge in [0.05, 0.1) is 0 Å². The Balaban J connectivity index is 3.19. The van der Waals surface area contributed by atoms with Gasteiger partial charge in [0.1, 0.15) is 17.2 Å². The Morgan fingerprint density at radius 2 is 1.75 bits per heavy atom. The van der Waals surface area contributed by atoms with Crippen molar-refractivity contribution in [3.63, 3.8) is 0 Å². The normalized spacial score (nSPS) is 10.9. The number of amides is 1. The number of benzene rings is 1. The quantitative estimate of drug-likeness (QED) is 0.617. The van der Waals surface area contributed by atoms with E-state index in [2.05, 4.69) is 31.9 Å². The molecular formula is C14H17Br2F2NO. The van der Waals surface area contributed by atoms with E-state index in [1.807, 2.05) is 13.8 Å². The second-order valence-corrected chi connectivity index (χ2v) is 6.11. The molecule has 0 heterocycles. The molecule has 0 atom stereocenters. The van der Waals surface area contributed by atoms with E-state index in [1.54, 1.807) is 0 Å². The van der Waals surface area contributed by atoms with Crippen LogP contribution in [0.15, 0.2) is 16.6 Å². The second-order valence-electron chi connectivity index (χ2n) is 4.40. The third kappa shape index (κ3) is 4.01. The average molecular weight is 413 g/mol. The number of hydrogen-bond acceptors (Lipinski definition) is 1. The van der Waals surface area contributed by atoms with Crippen LogP contribution in [0.3, 0.4) is 0 Å². The number of nitrogens with zero attached hydrogens (tertiary/aromatic N) is 1. The Bertz CT molecular complexity index is 455. The molecule has 6 heteroatoms. The molecular weight excluding hydrogens is 396 g/mol. The van der Waals surface area contributed by atoms with Crippen molar-refractivity contribution in [2.75, 3.05) is 11.9 Å². The zero-order chi connectivity index (χ0) is 15.3. The fraction of sp³-hybridized carbons (Fsp3) is 0.500. The van der Waals surface area contributed by atoms with Crippen LogP contribution < -0.4 is 0 Å². The molecule has 112 valence electrons. The molecule has 0 aliphatic carbocycles. The summed E-state index contributed by atoms with van der Waals surface area (Å²) >= 11 is 6.29. The van der Waals surface area contributed by atoms with E-state index >= 15 is 0 Å². The predicted octanol–water partition coefficient (Wildman–Crippen LogP) is 4.75. The highest BCUT2D eigenvalue weighted by molar-refractivity contribution is 9.10. The molecule has 0 unspecified atom stereocenters. The van der Waals surface area contributed by atoms with Crippen LogP contribution in [0.5, 0.6) is 0 Å². The van der Waals surface area contributed by atoms with E-state index < -0.39 is 23.1 Å². The van der Waals surface area contributed by atoms with Gasteiger partial charge in [0, 0.05) is 22.4 Å². The summed E-state index contributed by atoms with van der Waals surface area (Å²) in [5.41, 5.74) is -0.485. The van der Waals surface area contributed by atoms with Gasteiger partial charge in [-0.2, -0.15) is 0 Å². The maximum atomic E-state index is 13.9. The number of rotatable bonds is 6. The van der Waals surface area contributed by atoms with Crippen LogP contribution >= 0.6 is 31.9 Å². The molecule has 20 heavy (non-hydrogen) atoms. The largest absolute Gasteiger partial charge is 0.335 e. The minimum absolute atomic E-state index is 0.0255. The van der Waals surface area contributed by atoms with Gasteiger partial charge in [-0.25, -0.2) is 8.78 Å². The third-order valence-electron chi connectivity index (χ3n) is 3.19. The molecule has 2 nitrogen and oxygen atoms in total. The Labute approximate surface area is 134 Å². The zero-order valence-corrected chi connectivity index (χ0v) is 14.6. The number of halogens is 4. The zero-order valence-electron chi connectivity index (χ0n) is 11.4. The molecule has 0 radical (unpaired) electrons. The molecule has 1 amide bonds. The molecule has 1 aromatic carbocycles. The third-order valence-corrected chi connectivity index (χ3v) is 4.00. The summed E-state index contributed by atoms with van der Waals surface area (Å²) in [5, 5.41) is 0.564. The average Bonchev–Trinajstić information content (AvgIpc) is 2.37. The highest BCUT2D eigenvalue weighted by Crippen LogP contribution is 2.22. The SMILES string of the molecule is CCC(CC)N(CCBr)C(=O)c1c(F)cc(Br)cc1F. The molecule has 0 bridgehead atoms. The highest BCUT2D eigenvalue weighted by Gasteiger charge is 2.27. The summed E-state index contributed by atoms with van der Waals surface area (Å²) in [4.78, 5) is 14.0. The van der Waals surface area contributed by atoms with Gasteiger partial charge in [0.15, 0.2) is 0 Å². The lowest BCUT2D eigenvalue weighted by molar-refractivity contribution is 0.0673. The van der Waals surface area contributed by atoms with Crippen LogP contribution in [0.4, 0.5) is 8.78 Å². The molecule has 0 fully saturated rings. The summed E-state index contributed by atoms with van der Waals surface area (Å²) in [6.07, 6.45) is 1.49. The Morgan fingerprint density at radius 1 is 1.25 bits per heavy atom. The van der Waals surface area contributed by atoms with Crippen molar-refractivity contribution >= 4 is 37.8 Å². The molecule has 0 saturated heterocycles. The molecule has 0 spiro atoms. The fourth-order valence-electron chi connectivity index (χ4n) is 2.16. The molecule has 0 aliphatic heterocycles. The number of hydrogen-bond donors (Lipinski definition) is 0. The van der Waals surface area contributed by atoms with E-state index in [0.717, 1.165) is 25.0 Å². The maximum Gasteiger partial charge on any atom is 0.260 e. The summed E-state index contributed by atoms with van der Waals surface area (Å²) in [6.45, 7) is 4.33. The van der Waals surface area contributed by atoms with Crippen molar-refractivity contribution in [1.82, 2.24) is 4.90 Å². The summed E-state index contributed by atoms with van der Waals surface area (Å²) in [5.74, 6) is -2.28. The Kier molecular flexibility index (Phi) is 7.09. The van der Waals surface area contributed by atoms with E-state index in [-0.39, 0.29) is 10.5 Å². The lowest BCUT2D eigenvalue weighted by Gasteiger charge is -2.30. The van der Waals surface area contributed by atoms with Gasteiger partial charge in [0.2, 0.25) is 0 Å². The summed E-state index contributed by atoms with van der Waals surface area (Å²) < 4.78 is 28.1. The topological polar surface area (TPSA) is 20.3 Å². The first kappa shape index (κ1) is 17.6. The van der Waals surface area contributed by atoms with Crippen LogP contribution in [-0.2, 0) is 0 Å². The van der Waals surface area contributed by atoms with Crippen LogP contribution in [0.2, 0.25) is 0 Å². The molecule has 0 saturated carbocycles. The molecule has 0 aliphatic rings. The van der Waals surface area contributed by atoms with Gasteiger partial charge in [-0.05, 0) is 25.0 Å². The van der Waals surface area contributed by atoms with E-state index in [4.69, 9.17) is 0 Å². The predicted molar refractivity (Wildman–Crippen MR) is 83.3 cm³/mol. The molecule has 0 N–H and O–H groups in total. The minimum atomic E-state index is -0.840. The summed E-state index contributed by atoms with van der Waals surface area (Å²) in [7, 11) is 0. The van der Waals surface area contributed by atoms with Crippen LogP contribution in [0.1, 0.15) is 37.0 Å².